The summed E-state index contributed by atoms with van der Waals surface area (Å²) in [4.78, 5) is 16.8. The third-order valence-corrected chi connectivity index (χ3v) is 4.80. The van der Waals surface area contributed by atoms with Crippen LogP contribution in [0.1, 0.15) is 24.2 Å². The summed E-state index contributed by atoms with van der Waals surface area (Å²) in [5, 5.41) is 3.41. The van der Waals surface area contributed by atoms with Crippen LogP contribution in [0.15, 0.2) is 51.9 Å². The molecule has 1 unspecified atom stereocenters. The number of ether oxygens (including phenoxy) is 2. The lowest BCUT2D eigenvalue weighted by Gasteiger charge is -2.21. The van der Waals surface area contributed by atoms with E-state index in [1.807, 2.05) is 30.3 Å². The molecule has 0 aliphatic carbocycles. The number of benzene rings is 1. The maximum Gasteiger partial charge on any atom is 0.258 e. The van der Waals surface area contributed by atoms with Gasteiger partial charge in [0.15, 0.2) is 11.5 Å². The van der Waals surface area contributed by atoms with Crippen LogP contribution < -0.4 is 20.3 Å². The molecule has 0 amide bonds. The van der Waals surface area contributed by atoms with Crippen LogP contribution in [-0.4, -0.2) is 22.6 Å². The van der Waals surface area contributed by atoms with Crippen molar-refractivity contribution in [3.8, 4) is 11.5 Å². The molecule has 4 rings (SSSR count). The van der Waals surface area contributed by atoms with E-state index >= 15 is 0 Å². The summed E-state index contributed by atoms with van der Waals surface area (Å²) in [7, 11) is 0. The van der Waals surface area contributed by atoms with Crippen molar-refractivity contribution in [3.63, 3.8) is 0 Å². The molecule has 0 radical (unpaired) electrons. The molecule has 6 nitrogen and oxygen atoms in total. The lowest BCUT2D eigenvalue weighted by atomic mass is 10.1. The fraction of sp³-hybridized carbons (Fsp3) is 0.263. The minimum Gasteiger partial charge on any atom is -0.486 e. The minimum absolute atomic E-state index is 0.0796. The molecule has 1 atom stereocenters. The Bertz CT molecular complexity index is 1020. The Morgan fingerprint density at radius 3 is 2.85 bits per heavy atom. The van der Waals surface area contributed by atoms with Crippen molar-refractivity contribution in [2.75, 3.05) is 13.2 Å². The molecule has 7 heteroatoms. The van der Waals surface area contributed by atoms with Crippen molar-refractivity contribution in [1.82, 2.24) is 14.7 Å². The minimum atomic E-state index is -0.0971. The van der Waals surface area contributed by atoms with Gasteiger partial charge in [0.25, 0.3) is 5.56 Å². The van der Waals surface area contributed by atoms with Gasteiger partial charge in [0.05, 0.1) is 5.69 Å². The zero-order valence-electron chi connectivity index (χ0n) is 14.2. The molecule has 1 aliphatic rings. The number of hydrogen-bond acceptors (Lipinski definition) is 5. The molecule has 134 valence electrons. The number of rotatable bonds is 4. The van der Waals surface area contributed by atoms with E-state index in [9.17, 15) is 4.79 Å². The Kier molecular flexibility index (Phi) is 4.65. The average molecular weight is 416 g/mol. The molecule has 26 heavy (non-hydrogen) atoms. The van der Waals surface area contributed by atoms with Gasteiger partial charge in [-0.25, -0.2) is 4.98 Å². The van der Waals surface area contributed by atoms with Gasteiger partial charge in [0.1, 0.15) is 18.9 Å². The van der Waals surface area contributed by atoms with Gasteiger partial charge < -0.3 is 14.8 Å². The Labute approximate surface area is 158 Å². The van der Waals surface area contributed by atoms with Crippen LogP contribution in [0.25, 0.3) is 5.65 Å². The summed E-state index contributed by atoms with van der Waals surface area (Å²) in [6, 6.07) is 11.3. The summed E-state index contributed by atoms with van der Waals surface area (Å²) >= 11 is 3.37. The molecule has 0 saturated heterocycles. The van der Waals surface area contributed by atoms with E-state index < -0.39 is 0 Å². The van der Waals surface area contributed by atoms with Gasteiger partial charge in [-0.1, -0.05) is 6.07 Å². The molecule has 2 aromatic heterocycles. The summed E-state index contributed by atoms with van der Waals surface area (Å²) < 4.78 is 13.6. The van der Waals surface area contributed by atoms with Crippen molar-refractivity contribution < 1.29 is 9.47 Å². The number of halogens is 1. The highest BCUT2D eigenvalue weighted by molar-refractivity contribution is 9.10. The largest absolute Gasteiger partial charge is 0.486 e. The second kappa shape index (κ2) is 7.09. The van der Waals surface area contributed by atoms with Crippen molar-refractivity contribution in [2.24, 2.45) is 0 Å². The molecular weight excluding hydrogens is 398 g/mol. The van der Waals surface area contributed by atoms with Crippen LogP contribution in [0.2, 0.25) is 0 Å². The Balaban J connectivity index is 1.51. The third kappa shape index (κ3) is 3.45. The number of nitrogens with zero attached hydrogens (tertiary/aromatic N) is 2. The lowest BCUT2D eigenvalue weighted by molar-refractivity contribution is 0.171. The van der Waals surface area contributed by atoms with Crippen LogP contribution in [0.5, 0.6) is 11.5 Å². The highest BCUT2D eigenvalue weighted by Gasteiger charge is 2.14. The van der Waals surface area contributed by atoms with Crippen LogP contribution in [0, 0.1) is 0 Å². The van der Waals surface area contributed by atoms with E-state index in [1.165, 1.54) is 4.40 Å². The molecule has 0 saturated carbocycles. The highest BCUT2D eigenvalue weighted by atomic mass is 79.9. The first-order valence-electron chi connectivity index (χ1n) is 8.41. The molecular formula is C19H18BrN3O3. The zero-order valence-corrected chi connectivity index (χ0v) is 15.8. The van der Waals surface area contributed by atoms with Crippen molar-refractivity contribution in [3.05, 3.63) is 68.7 Å². The predicted octanol–water partition coefficient (Wildman–Crippen LogP) is 3.08. The van der Waals surface area contributed by atoms with Gasteiger partial charge in [-0.15, -0.1) is 0 Å². The predicted molar refractivity (Wildman–Crippen MR) is 102 cm³/mol. The fourth-order valence-corrected chi connectivity index (χ4v) is 3.26. The number of hydrogen-bond donors (Lipinski definition) is 1. The number of nitrogens with one attached hydrogen (secondary N) is 1. The monoisotopic (exact) mass is 415 g/mol. The molecule has 3 heterocycles. The average Bonchev–Trinajstić information content (AvgIpc) is 2.66. The Morgan fingerprint density at radius 1 is 1.19 bits per heavy atom. The van der Waals surface area contributed by atoms with Gasteiger partial charge in [-0.3, -0.25) is 9.20 Å². The second-order valence-electron chi connectivity index (χ2n) is 6.17. The Morgan fingerprint density at radius 2 is 2.00 bits per heavy atom. The SMILES string of the molecule is CC(NCc1cc(=O)n2cc(Br)ccc2n1)c1ccc2c(c1)OCCO2. The van der Waals surface area contributed by atoms with Gasteiger partial charge >= 0.3 is 0 Å². The normalized spacial score (nSPS) is 14.4. The smallest absolute Gasteiger partial charge is 0.258 e. The van der Waals surface area contributed by atoms with E-state index in [1.54, 1.807) is 12.3 Å². The number of aromatic nitrogens is 2. The first-order chi connectivity index (χ1) is 12.6. The highest BCUT2D eigenvalue weighted by Crippen LogP contribution is 2.32. The van der Waals surface area contributed by atoms with E-state index in [0.717, 1.165) is 21.5 Å². The van der Waals surface area contributed by atoms with Crippen molar-refractivity contribution >= 4 is 21.6 Å². The van der Waals surface area contributed by atoms with E-state index in [2.05, 4.69) is 33.2 Å². The molecule has 0 fully saturated rings. The van der Waals surface area contributed by atoms with Crippen LogP contribution >= 0.6 is 15.9 Å². The van der Waals surface area contributed by atoms with Crippen LogP contribution in [0.3, 0.4) is 0 Å². The van der Waals surface area contributed by atoms with Crippen molar-refractivity contribution in [2.45, 2.75) is 19.5 Å². The van der Waals surface area contributed by atoms with Crippen LogP contribution in [0.4, 0.5) is 0 Å². The maximum atomic E-state index is 12.3. The van der Waals surface area contributed by atoms with Gasteiger partial charge in [0, 0.05) is 29.3 Å². The number of fused-ring (bicyclic) bond motifs is 2. The summed E-state index contributed by atoms with van der Waals surface area (Å²) in [5.41, 5.74) is 2.34. The molecule has 1 N–H and O–H groups in total. The molecule has 1 aliphatic heterocycles. The second-order valence-corrected chi connectivity index (χ2v) is 7.08. The van der Waals surface area contributed by atoms with Crippen molar-refractivity contribution in [1.29, 1.82) is 0 Å². The Hall–Kier alpha value is -2.38. The maximum absolute atomic E-state index is 12.3. The lowest BCUT2D eigenvalue weighted by Crippen LogP contribution is -2.22. The molecule has 0 spiro atoms. The molecule has 3 aromatic rings. The van der Waals surface area contributed by atoms with E-state index in [-0.39, 0.29) is 11.6 Å². The van der Waals surface area contributed by atoms with Gasteiger partial charge in [-0.05, 0) is 52.7 Å². The summed E-state index contributed by atoms with van der Waals surface area (Å²) in [5.74, 6) is 1.55. The molecule has 1 aromatic carbocycles. The first-order valence-corrected chi connectivity index (χ1v) is 9.20. The standard InChI is InChI=1S/C19H18BrN3O3/c1-12(13-2-4-16-17(8-13)26-7-6-25-16)21-10-15-9-19(24)23-11-14(20)3-5-18(23)22-15/h2-5,8-9,11-12,21H,6-7,10H2,1H3. The topological polar surface area (TPSA) is 64.9 Å². The fourth-order valence-electron chi connectivity index (χ4n) is 2.92. The van der Waals surface area contributed by atoms with E-state index in [4.69, 9.17) is 9.47 Å². The van der Waals surface area contributed by atoms with Gasteiger partial charge in [0.2, 0.25) is 0 Å². The van der Waals surface area contributed by atoms with E-state index in [0.29, 0.717) is 31.1 Å². The molecule has 0 bridgehead atoms. The summed E-state index contributed by atoms with van der Waals surface area (Å²) in [6.07, 6.45) is 1.72. The summed E-state index contributed by atoms with van der Waals surface area (Å²) in [6.45, 7) is 3.72. The third-order valence-electron chi connectivity index (χ3n) is 4.33. The number of pyridine rings is 1. The van der Waals surface area contributed by atoms with Gasteiger partial charge in [-0.2, -0.15) is 0 Å². The first kappa shape index (κ1) is 17.1. The quantitative estimate of drug-likeness (QED) is 0.709. The van der Waals surface area contributed by atoms with Crippen LogP contribution in [-0.2, 0) is 6.54 Å². The zero-order chi connectivity index (χ0) is 18.1.